The number of hydrogen-bond acceptors (Lipinski definition) is 2. The van der Waals surface area contributed by atoms with Crippen molar-refractivity contribution in [3.63, 3.8) is 0 Å². The second-order valence-electron chi connectivity index (χ2n) is 7.60. The number of benzene rings is 1. The zero-order valence-corrected chi connectivity index (χ0v) is 15.9. The summed E-state index contributed by atoms with van der Waals surface area (Å²) in [4.78, 5) is 25.2. The molecular weight excluding hydrogens is 336 g/mol. The lowest BCUT2D eigenvalue weighted by atomic mass is 9.92. The SMILES string of the molecule is O=C(NC[C@H](Cc1ccccc1)NC(=O)[C@H]1CC=CCC1)[C@H]1CC=CCC1. The summed E-state index contributed by atoms with van der Waals surface area (Å²) in [5, 5.41) is 6.27. The van der Waals surface area contributed by atoms with E-state index in [4.69, 9.17) is 0 Å². The molecule has 0 radical (unpaired) electrons. The van der Waals surface area contributed by atoms with E-state index in [0.29, 0.717) is 6.54 Å². The van der Waals surface area contributed by atoms with Gasteiger partial charge in [0.05, 0.1) is 6.04 Å². The number of carbonyl (C=O) groups is 2. The number of rotatable bonds is 7. The fourth-order valence-corrected chi connectivity index (χ4v) is 3.82. The van der Waals surface area contributed by atoms with E-state index in [1.165, 1.54) is 5.56 Å². The lowest BCUT2D eigenvalue weighted by molar-refractivity contribution is -0.127. The molecule has 2 aliphatic rings. The highest BCUT2D eigenvalue weighted by molar-refractivity contribution is 5.80. The maximum absolute atomic E-state index is 12.7. The summed E-state index contributed by atoms with van der Waals surface area (Å²) in [6, 6.07) is 10.0. The molecule has 2 N–H and O–H groups in total. The van der Waals surface area contributed by atoms with Gasteiger partial charge in [-0.2, -0.15) is 0 Å². The van der Waals surface area contributed by atoms with Crippen LogP contribution in [0.5, 0.6) is 0 Å². The summed E-state index contributed by atoms with van der Waals surface area (Å²) in [6.07, 6.45) is 14.6. The van der Waals surface area contributed by atoms with E-state index >= 15 is 0 Å². The first-order chi connectivity index (χ1) is 13.2. The lowest BCUT2D eigenvalue weighted by Crippen LogP contribution is -2.48. The van der Waals surface area contributed by atoms with Crippen LogP contribution >= 0.6 is 0 Å². The molecule has 2 aliphatic carbocycles. The molecule has 0 saturated heterocycles. The predicted octanol–water partition coefficient (Wildman–Crippen LogP) is 3.54. The van der Waals surface area contributed by atoms with E-state index in [2.05, 4.69) is 47.1 Å². The van der Waals surface area contributed by atoms with E-state index < -0.39 is 0 Å². The van der Waals surface area contributed by atoms with Crippen LogP contribution in [0.3, 0.4) is 0 Å². The number of amides is 2. The van der Waals surface area contributed by atoms with Gasteiger partial charge in [-0.25, -0.2) is 0 Å². The van der Waals surface area contributed by atoms with Crippen LogP contribution in [0, 0.1) is 11.8 Å². The summed E-state index contributed by atoms with van der Waals surface area (Å²) in [5.41, 5.74) is 1.17. The van der Waals surface area contributed by atoms with Crippen LogP contribution in [0.15, 0.2) is 54.6 Å². The quantitative estimate of drug-likeness (QED) is 0.725. The zero-order chi connectivity index (χ0) is 18.9. The molecule has 4 nitrogen and oxygen atoms in total. The number of nitrogens with one attached hydrogen (secondary N) is 2. The highest BCUT2D eigenvalue weighted by atomic mass is 16.2. The molecule has 0 saturated carbocycles. The van der Waals surface area contributed by atoms with E-state index in [1.807, 2.05) is 18.2 Å². The maximum Gasteiger partial charge on any atom is 0.223 e. The Morgan fingerprint density at radius 1 is 0.889 bits per heavy atom. The Hall–Kier alpha value is -2.36. The van der Waals surface area contributed by atoms with Gasteiger partial charge in [0.15, 0.2) is 0 Å². The molecule has 1 aromatic rings. The van der Waals surface area contributed by atoms with Gasteiger partial charge in [0.1, 0.15) is 0 Å². The lowest BCUT2D eigenvalue weighted by Gasteiger charge is -2.25. The Balaban J connectivity index is 1.58. The average molecular weight is 367 g/mol. The standard InChI is InChI=1S/C23H30N2O2/c26-22(19-12-6-2-7-13-19)24-17-21(16-18-10-4-1-5-11-18)25-23(27)20-14-8-3-9-15-20/h1-6,8,10-11,19-21H,7,9,12-17H2,(H,24,26)(H,25,27)/t19-,20-,21-/m0/s1. The molecule has 1 aromatic carbocycles. The van der Waals surface area contributed by atoms with Gasteiger partial charge in [0.25, 0.3) is 0 Å². The van der Waals surface area contributed by atoms with E-state index in [0.717, 1.165) is 44.9 Å². The van der Waals surface area contributed by atoms with Gasteiger partial charge < -0.3 is 10.6 Å². The van der Waals surface area contributed by atoms with Gasteiger partial charge in [-0.05, 0) is 50.5 Å². The molecule has 0 bridgehead atoms. The number of allylic oxidation sites excluding steroid dienone is 4. The van der Waals surface area contributed by atoms with Gasteiger partial charge >= 0.3 is 0 Å². The predicted molar refractivity (Wildman–Crippen MR) is 108 cm³/mol. The molecule has 27 heavy (non-hydrogen) atoms. The average Bonchev–Trinajstić information content (AvgIpc) is 2.73. The van der Waals surface area contributed by atoms with Crippen LogP contribution in [0.1, 0.15) is 44.1 Å². The van der Waals surface area contributed by atoms with E-state index in [9.17, 15) is 9.59 Å². The highest BCUT2D eigenvalue weighted by Gasteiger charge is 2.24. The molecule has 0 fully saturated rings. The summed E-state index contributed by atoms with van der Waals surface area (Å²) in [7, 11) is 0. The number of carbonyl (C=O) groups excluding carboxylic acids is 2. The van der Waals surface area contributed by atoms with Crippen molar-refractivity contribution in [2.45, 2.75) is 51.0 Å². The molecule has 144 valence electrons. The summed E-state index contributed by atoms with van der Waals surface area (Å²) in [6.45, 7) is 0.474. The van der Waals surface area contributed by atoms with Crippen molar-refractivity contribution >= 4 is 11.8 Å². The van der Waals surface area contributed by atoms with Crippen LogP contribution in [-0.4, -0.2) is 24.4 Å². The normalized spacial score (nSPS) is 22.8. The van der Waals surface area contributed by atoms with Gasteiger partial charge in [-0.3, -0.25) is 9.59 Å². The fraction of sp³-hybridized carbons (Fsp3) is 0.478. The Kier molecular flexibility index (Phi) is 7.26. The molecule has 0 aliphatic heterocycles. The van der Waals surface area contributed by atoms with Crippen LogP contribution < -0.4 is 10.6 Å². The van der Waals surface area contributed by atoms with Gasteiger partial charge in [-0.15, -0.1) is 0 Å². The van der Waals surface area contributed by atoms with Crippen molar-refractivity contribution in [1.29, 1.82) is 0 Å². The number of hydrogen-bond donors (Lipinski definition) is 2. The van der Waals surface area contributed by atoms with Crippen molar-refractivity contribution in [1.82, 2.24) is 10.6 Å². The maximum atomic E-state index is 12.7. The Morgan fingerprint density at radius 2 is 1.52 bits per heavy atom. The van der Waals surface area contributed by atoms with Gasteiger partial charge in [-0.1, -0.05) is 54.6 Å². The highest BCUT2D eigenvalue weighted by Crippen LogP contribution is 2.19. The molecule has 0 heterocycles. The first-order valence-corrected chi connectivity index (χ1v) is 10.1. The second kappa shape index (κ2) is 10.1. The van der Waals surface area contributed by atoms with Crippen molar-refractivity contribution in [2.75, 3.05) is 6.54 Å². The first kappa shape index (κ1) is 19.4. The largest absolute Gasteiger partial charge is 0.354 e. The minimum Gasteiger partial charge on any atom is -0.354 e. The van der Waals surface area contributed by atoms with Crippen molar-refractivity contribution < 1.29 is 9.59 Å². The smallest absolute Gasteiger partial charge is 0.223 e. The van der Waals surface area contributed by atoms with E-state index in [1.54, 1.807) is 0 Å². The van der Waals surface area contributed by atoms with Crippen LogP contribution in [0.2, 0.25) is 0 Å². The molecule has 0 spiro atoms. The monoisotopic (exact) mass is 366 g/mol. The van der Waals surface area contributed by atoms with Crippen molar-refractivity contribution in [3.8, 4) is 0 Å². The van der Waals surface area contributed by atoms with Crippen molar-refractivity contribution in [3.05, 3.63) is 60.2 Å². The molecule has 4 heteroatoms. The third kappa shape index (κ3) is 6.09. The minimum absolute atomic E-state index is 0.0486. The summed E-state index contributed by atoms with van der Waals surface area (Å²) < 4.78 is 0. The molecule has 2 amide bonds. The van der Waals surface area contributed by atoms with Crippen molar-refractivity contribution in [2.24, 2.45) is 11.8 Å². The summed E-state index contributed by atoms with van der Waals surface area (Å²) in [5.74, 6) is 0.321. The molecule has 3 atom stereocenters. The molecule has 0 aromatic heterocycles. The topological polar surface area (TPSA) is 58.2 Å². The molecule has 3 rings (SSSR count). The Labute approximate surface area is 162 Å². The van der Waals surface area contributed by atoms with Gasteiger partial charge in [0, 0.05) is 18.4 Å². The molecular formula is C23H30N2O2. The second-order valence-corrected chi connectivity index (χ2v) is 7.60. The first-order valence-electron chi connectivity index (χ1n) is 10.1. The fourth-order valence-electron chi connectivity index (χ4n) is 3.82. The van der Waals surface area contributed by atoms with Gasteiger partial charge in [0.2, 0.25) is 11.8 Å². The van der Waals surface area contributed by atoms with Crippen LogP contribution in [0.25, 0.3) is 0 Å². The Bertz CT molecular complexity index is 681. The third-order valence-electron chi connectivity index (χ3n) is 5.47. The molecule has 0 unspecified atom stereocenters. The third-order valence-corrected chi connectivity index (χ3v) is 5.47. The minimum atomic E-state index is -0.0890. The van der Waals surface area contributed by atoms with Crippen LogP contribution in [0.4, 0.5) is 0 Å². The van der Waals surface area contributed by atoms with E-state index in [-0.39, 0.29) is 29.7 Å². The summed E-state index contributed by atoms with van der Waals surface area (Å²) >= 11 is 0. The zero-order valence-electron chi connectivity index (χ0n) is 15.9. The Morgan fingerprint density at radius 3 is 2.11 bits per heavy atom. The van der Waals surface area contributed by atoms with Crippen LogP contribution in [-0.2, 0) is 16.0 Å².